The van der Waals surface area contributed by atoms with Gasteiger partial charge in [0.25, 0.3) is 0 Å². The van der Waals surface area contributed by atoms with Crippen LogP contribution in [-0.2, 0) is 16.0 Å². The van der Waals surface area contributed by atoms with Crippen molar-refractivity contribution in [2.24, 2.45) is 0 Å². The van der Waals surface area contributed by atoms with Crippen LogP contribution in [0.3, 0.4) is 0 Å². The molecule has 0 bridgehead atoms. The number of carbonyl (C=O) groups is 3. The Hall–Kier alpha value is -2.89. The van der Waals surface area contributed by atoms with Crippen molar-refractivity contribution < 1.29 is 19.1 Å². The second kappa shape index (κ2) is 9.16. The number of nitrogens with one attached hydrogen (secondary N) is 2. The van der Waals surface area contributed by atoms with Gasteiger partial charge in [-0.1, -0.05) is 37.3 Å². The molecule has 1 amide bonds. The van der Waals surface area contributed by atoms with Gasteiger partial charge in [0, 0.05) is 25.1 Å². The number of ketones is 1. The highest BCUT2D eigenvalue weighted by atomic mass is 16.5. The molecule has 1 heterocycles. The summed E-state index contributed by atoms with van der Waals surface area (Å²) < 4.78 is 4.80. The van der Waals surface area contributed by atoms with Gasteiger partial charge < -0.3 is 15.0 Å². The van der Waals surface area contributed by atoms with E-state index in [0.29, 0.717) is 23.5 Å². The van der Waals surface area contributed by atoms with Gasteiger partial charge in [0.05, 0.1) is 24.8 Å². The van der Waals surface area contributed by atoms with Gasteiger partial charge in [-0.15, -0.1) is 0 Å². The summed E-state index contributed by atoms with van der Waals surface area (Å²) >= 11 is 0. The van der Waals surface area contributed by atoms with Crippen molar-refractivity contribution in [3.8, 4) is 0 Å². The van der Waals surface area contributed by atoms with Gasteiger partial charge in [-0.3, -0.25) is 9.59 Å². The van der Waals surface area contributed by atoms with Gasteiger partial charge in [-0.2, -0.15) is 0 Å². The molecule has 0 aliphatic rings. The molecule has 144 valence electrons. The number of rotatable bonds is 8. The molecular formula is C21H26N2O4. The Labute approximate surface area is 159 Å². The molecule has 27 heavy (non-hydrogen) atoms. The number of amides is 1. The number of hydrogen-bond donors (Lipinski definition) is 2. The molecule has 0 radical (unpaired) electrons. The van der Waals surface area contributed by atoms with Gasteiger partial charge in [0.2, 0.25) is 5.91 Å². The predicted octanol–water partition coefficient (Wildman–Crippen LogP) is 3.16. The number of aromatic nitrogens is 1. The molecule has 0 fully saturated rings. The summed E-state index contributed by atoms with van der Waals surface area (Å²) in [6.45, 7) is 5.66. The van der Waals surface area contributed by atoms with E-state index in [4.69, 9.17) is 4.74 Å². The summed E-state index contributed by atoms with van der Waals surface area (Å²) in [4.78, 5) is 39.2. The normalized spacial score (nSPS) is 11.7. The molecule has 0 spiro atoms. The third kappa shape index (κ3) is 4.84. The first-order valence-corrected chi connectivity index (χ1v) is 9.01. The quantitative estimate of drug-likeness (QED) is 0.552. The zero-order chi connectivity index (χ0) is 20.0. The third-order valence-electron chi connectivity index (χ3n) is 4.72. The summed E-state index contributed by atoms with van der Waals surface area (Å²) in [6, 6.07) is 10.0. The maximum Gasteiger partial charge on any atom is 0.339 e. The van der Waals surface area contributed by atoms with E-state index in [0.717, 1.165) is 6.42 Å². The van der Waals surface area contributed by atoms with Crippen LogP contribution in [0.4, 0.5) is 0 Å². The summed E-state index contributed by atoms with van der Waals surface area (Å²) in [6.07, 6.45) is 0.873. The van der Waals surface area contributed by atoms with E-state index < -0.39 is 5.97 Å². The fourth-order valence-electron chi connectivity index (χ4n) is 3.20. The van der Waals surface area contributed by atoms with Crippen molar-refractivity contribution in [1.29, 1.82) is 0 Å². The first kappa shape index (κ1) is 20.4. The van der Waals surface area contributed by atoms with Crippen molar-refractivity contribution in [2.45, 2.75) is 39.5 Å². The fraction of sp³-hybridized carbons (Fsp3) is 0.381. The Kier molecular flexibility index (Phi) is 6.93. The second-order valence-corrected chi connectivity index (χ2v) is 6.52. The van der Waals surface area contributed by atoms with E-state index in [-0.39, 0.29) is 29.6 Å². The number of methoxy groups -OCH3 is 1. The van der Waals surface area contributed by atoms with Crippen LogP contribution >= 0.6 is 0 Å². The maximum atomic E-state index is 12.4. The Morgan fingerprint density at radius 2 is 1.85 bits per heavy atom. The molecule has 1 atom stereocenters. The average Bonchev–Trinajstić information content (AvgIpc) is 2.98. The molecule has 1 aromatic carbocycles. The van der Waals surface area contributed by atoms with Crippen LogP contribution in [0.25, 0.3) is 0 Å². The molecule has 6 nitrogen and oxygen atoms in total. The van der Waals surface area contributed by atoms with Crippen LogP contribution in [0.15, 0.2) is 30.3 Å². The van der Waals surface area contributed by atoms with Gasteiger partial charge in [-0.25, -0.2) is 4.79 Å². The molecule has 6 heteroatoms. The lowest BCUT2D eigenvalue weighted by molar-refractivity contribution is -0.120. The SMILES string of the molecule is CCC(CNC(=O)Cc1[nH]c(C(C)=O)c(C)c1C(=O)OC)c1ccccc1. The van der Waals surface area contributed by atoms with Gasteiger partial charge in [0.15, 0.2) is 5.78 Å². The van der Waals surface area contributed by atoms with Crippen molar-refractivity contribution in [1.82, 2.24) is 10.3 Å². The van der Waals surface area contributed by atoms with E-state index in [2.05, 4.69) is 17.2 Å². The molecule has 0 aliphatic carbocycles. The number of H-pyrrole nitrogens is 1. The van der Waals surface area contributed by atoms with E-state index in [9.17, 15) is 14.4 Å². The molecule has 2 N–H and O–H groups in total. The minimum Gasteiger partial charge on any atom is -0.465 e. The van der Waals surface area contributed by atoms with Crippen LogP contribution in [0.5, 0.6) is 0 Å². The van der Waals surface area contributed by atoms with Crippen LogP contribution in [0, 0.1) is 6.92 Å². The largest absolute Gasteiger partial charge is 0.465 e. The zero-order valence-corrected chi connectivity index (χ0v) is 16.2. The van der Waals surface area contributed by atoms with Crippen molar-refractivity contribution in [3.05, 3.63) is 58.4 Å². The van der Waals surface area contributed by atoms with E-state index in [1.54, 1.807) is 6.92 Å². The highest BCUT2D eigenvalue weighted by molar-refractivity contribution is 6.01. The summed E-state index contributed by atoms with van der Waals surface area (Å²) in [7, 11) is 1.28. The maximum absolute atomic E-state index is 12.4. The molecule has 1 unspecified atom stereocenters. The second-order valence-electron chi connectivity index (χ2n) is 6.52. The standard InChI is InChI=1S/C21H26N2O4/c1-5-15(16-9-7-6-8-10-16)12-22-18(25)11-17-19(21(26)27-4)13(2)20(23-17)14(3)24/h6-10,15,23H,5,11-12H2,1-4H3,(H,22,25). The van der Waals surface area contributed by atoms with Crippen LogP contribution in [0.1, 0.15) is 63.9 Å². The highest BCUT2D eigenvalue weighted by Crippen LogP contribution is 2.21. The lowest BCUT2D eigenvalue weighted by Crippen LogP contribution is -2.30. The smallest absolute Gasteiger partial charge is 0.339 e. The van der Waals surface area contributed by atoms with Gasteiger partial charge in [-0.05, 0) is 24.5 Å². The Morgan fingerprint density at radius 1 is 1.19 bits per heavy atom. The number of Topliss-reactive ketones (excluding diaryl/α,β-unsaturated/α-hetero) is 1. The lowest BCUT2D eigenvalue weighted by atomic mass is 9.96. The molecular weight excluding hydrogens is 344 g/mol. The first-order valence-electron chi connectivity index (χ1n) is 9.01. The third-order valence-corrected chi connectivity index (χ3v) is 4.72. The Bertz CT molecular complexity index is 824. The molecule has 2 aromatic rings. The number of esters is 1. The molecule has 0 aliphatic heterocycles. The predicted molar refractivity (Wildman–Crippen MR) is 103 cm³/mol. The van der Waals surface area contributed by atoms with Crippen LogP contribution < -0.4 is 5.32 Å². The van der Waals surface area contributed by atoms with Crippen LogP contribution in [-0.4, -0.2) is 36.3 Å². The van der Waals surface area contributed by atoms with Crippen molar-refractivity contribution >= 4 is 17.7 Å². The number of aromatic amines is 1. The van der Waals surface area contributed by atoms with E-state index >= 15 is 0 Å². The minimum atomic E-state index is -0.560. The van der Waals surface area contributed by atoms with Gasteiger partial charge >= 0.3 is 5.97 Å². The summed E-state index contributed by atoms with van der Waals surface area (Å²) in [5, 5.41) is 2.93. The average molecular weight is 370 g/mol. The first-order chi connectivity index (χ1) is 12.9. The van der Waals surface area contributed by atoms with Crippen LogP contribution in [0.2, 0.25) is 0 Å². The Balaban J connectivity index is 2.12. The Morgan fingerprint density at radius 3 is 2.41 bits per heavy atom. The number of hydrogen-bond acceptors (Lipinski definition) is 4. The van der Waals surface area contributed by atoms with Crippen molar-refractivity contribution in [2.75, 3.05) is 13.7 Å². The number of carbonyl (C=O) groups excluding carboxylic acids is 3. The monoisotopic (exact) mass is 370 g/mol. The van der Waals surface area contributed by atoms with E-state index in [1.807, 2.05) is 30.3 Å². The minimum absolute atomic E-state index is 0.0240. The number of benzene rings is 1. The highest BCUT2D eigenvalue weighted by Gasteiger charge is 2.24. The molecule has 1 aromatic heterocycles. The van der Waals surface area contributed by atoms with Gasteiger partial charge in [0.1, 0.15) is 0 Å². The molecule has 0 saturated carbocycles. The summed E-state index contributed by atoms with van der Waals surface area (Å²) in [5.74, 6) is -0.756. The number of ether oxygens (including phenoxy) is 1. The molecule has 2 rings (SSSR count). The molecule has 0 saturated heterocycles. The van der Waals surface area contributed by atoms with E-state index in [1.165, 1.54) is 19.6 Å². The lowest BCUT2D eigenvalue weighted by Gasteiger charge is -2.16. The fourth-order valence-corrected chi connectivity index (χ4v) is 3.20. The summed E-state index contributed by atoms with van der Waals surface area (Å²) in [5.41, 5.74) is 2.66. The topological polar surface area (TPSA) is 88.3 Å². The van der Waals surface area contributed by atoms with Crippen molar-refractivity contribution in [3.63, 3.8) is 0 Å². The zero-order valence-electron chi connectivity index (χ0n) is 16.2.